The monoisotopic (exact) mass is 1050 g/mol. The van der Waals surface area contributed by atoms with Gasteiger partial charge in [0.15, 0.2) is 0 Å². The third-order valence-electron chi connectivity index (χ3n) is 9.91. The molecule has 1 aliphatic rings. The van der Waals surface area contributed by atoms with Gasteiger partial charge in [-0.1, -0.05) is 19.8 Å². The maximum atomic E-state index is 12.3. The highest BCUT2D eigenvalue weighted by Gasteiger charge is 2.45. The Kier molecular flexibility index (Phi) is 39.9. The first-order valence-corrected chi connectivity index (χ1v) is 26.3. The lowest BCUT2D eigenvalue weighted by atomic mass is 9.97. The van der Waals surface area contributed by atoms with E-state index >= 15 is 0 Å². The topological polar surface area (TPSA) is 306 Å². The van der Waals surface area contributed by atoms with Gasteiger partial charge in [-0.15, -0.1) is 0 Å². The van der Waals surface area contributed by atoms with Crippen LogP contribution in [0.25, 0.3) is 0 Å². The predicted molar refractivity (Wildman–Crippen MR) is 256 cm³/mol. The van der Waals surface area contributed by atoms with Crippen LogP contribution >= 0.6 is 7.60 Å². The fourth-order valence-corrected chi connectivity index (χ4v) is 6.69. The van der Waals surface area contributed by atoms with E-state index in [0.29, 0.717) is 171 Å². The SMILES string of the molecule is CCCCCC(=O)NCCOCCOCCOCCOCCOCCOCCOCCOCCOCCOCCOCCOCCC(=O)Nc1ccc(O[C@H]2O[C@H](CCP(=O)(O)O)[C@@H](O)[C@H](O)[C@@H]2O)cc1. The van der Waals surface area contributed by atoms with E-state index < -0.39 is 44.5 Å². The van der Waals surface area contributed by atoms with Crippen LogP contribution in [0.4, 0.5) is 5.69 Å². The van der Waals surface area contributed by atoms with Crippen LogP contribution in [-0.2, 0) is 75.7 Å². The Morgan fingerprint density at radius 1 is 0.521 bits per heavy atom. The van der Waals surface area contributed by atoms with Crippen molar-refractivity contribution < 1.29 is 106 Å². The van der Waals surface area contributed by atoms with Crippen molar-refractivity contribution in [3.63, 3.8) is 0 Å². The minimum Gasteiger partial charge on any atom is -0.462 e. The van der Waals surface area contributed by atoms with E-state index in [-0.39, 0.29) is 37.0 Å². The van der Waals surface area contributed by atoms with Gasteiger partial charge in [0.1, 0.15) is 24.1 Å². The Morgan fingerprint density at radius 2 is 0.915 bits per heavy atom. The van der Waals surface area contributed by atoms with Crippen LogP contribution in [0.2, 0.25) is 0 Å². The van der Waals surface area contributed by atoms with Gasteiger partial charge in [0, 0.05) is 18.7 Å². The summed E-state index contributed by atoms with van der Waals surface area (Å²) < 4.78 is 88.1. The molecule has 414 valence electrons. The van der Waals surface area contributed by atoms with E-state index in [9.17, 15) is 29.5 Å². The Labute approximate surface area is 417 Å². The van der Waals surface area contributed by atoms with Crippen LogP contribution in [0.15, 0.2) is 24.3 Å². The molecule has 7 N–H and O–H groups in total. The lowest BCUT2D eigenvalue weighted by molar-refractivity contribution is -0.272. The normalized spacial score (nSPS) is 18.2. The molecular formula is C46H83N2O22P. The van der Waals surface area contributed by atoms with E-state index in [1.807, 2.05) is 0 Å². The molecule has 25 heteroatoms. The molecule has 1 aromatic carbocycles. The second kappa shape index (κ2) is 43.8. The first-order chi connectivity index (χ1) is 34.5. The van der Waals surface area contributed by atoms with Crippen LogP contribution in [0.3, 0.4) is 0 Å². The van der Waals surface area contributed by atoms with Gasteiger partial charge in [-0.25, -0.2) is 0 Å². The highest BCUT2D eigenvalue weighted by Crippen LogP contribution is 2.37. The first-order valence-electron chi connectivity index (χ1n) is 24.5. The van der Waals surface area contributed by atoms with Gasteiger partial charge in [-0.2, -0.15) is 0 Å². The van der Waals surface area contributed by atoms with Crippen LogP contribution in [0.5, 0.6) is 5.75 Å². The summed E-state index contributed by atoms with van der Waals surface area (Å²) in [6.07, 6.45) is -4.50. The molecule has 0 bridgehead atoms. The zero-order chi connectivity index (χ0) is 51.5. The number of aliphatic hydroxyl groups is 3. The Hall–Kier alpha value is -2.53. The van der Waals surface area contributed by atoms with Gasteiger partial charge in [0.05, 0.1) is 177 Å². The molecule has 1 heterocycles. The third-order valence-corrected chi connectivity index (χ3v) is 10.7. The molecule has 0 aliphatic carbocycles. The molecular weight excluding hydrogens is 963 g/mol. The van der Waals surface area contributed by atoms with E-state index in [0.717, 1.165) is 19.3 Å². The number of hydrogen-bond acceptors (Lipinski definition) is 20. The minimum absolute atomic E-state index is 0.0763. The van der Waals surface area contributed by atoms with Crippen molar-refractivity contribution in [1.29, 1.82) is 0 Å². The number of unbranched alkanes of at least 4 members (excludes halogenated alkanes) is 2. The highest BCUT2D eigenvalue weighted by atomic mass is 31.2. The molecule has 0 radical (unpaired) electrons. The van der Waals surface area contributed by atoms with Crippen molar-refractivity contribution in [3.8, 4) is 5.75 Å². The number of aliphatic hydroxyl groups excluding tert-OH is 3. The second-order valence-corrected chi connectivity index (χ2v) is 17.6. The molecule has 71 heavy (non-hydrogen) atoms. The molecule has 2 rings (SSSR count). The van der Waals surface area contributed by atoms with Crippen molar-refractivity contribution in [2.75, 3.05) is 177 Å². The Morgan fingerprint density at radius 3 is 1.31 bits per heavy atom. The summed E-state index contributed by atoms with van der Waals surface area (Å²) in [5.41, 5.74) is 0.467. The lowest BCUT2D eigenvalue weighted by Crippen LogP contribution is -2.59. The van der Waals surface area contributed by atoms with Crippen LogP contribution in [0, 0.1) is 0 Å². The average molecular weight is 1050 g/mol. The predicted octanol–water partition coefficient (Wildman–Crippen LogP) is 0.665. The summed E-state index contributed by atoms with van der Waals surface area (Å²) in [6.45, 7) is 13.0. The minimum atomic E-state index is -4.38. The molecule has 0 unspecified atom stereocenters. The zero-order valence-electron chi connectivity index (χ0n) is 41.4. The van der Waals surface area contributed by atoms with Gasteiger partial charge in [0.25, 0.3) is 0 Å². The maximum Gasteiger partial charge on any atom is 0.325 e. The number of rotatable bonds is 49. The Balaban J connectivity index is 1.24. The number of hydrogen-bond donors (Lipinski definition) is 7. The number of carbonyl (C=O) groups is 2. The standard InChI is InChI=1S/C46H83N2O22P/c1-2-3-4-5-41(49)47-12-14-58-16-18-60-20-22-62-24-26-64-28-30-66-32-34-68-36-35-67-33-31-65-29-27-63-25-23-61-21-19-59-17-15-57-13-10-42(50)48-38-6-8-39(9-7-38)69-46-45(53)44(52)43(51)40(70-46)11-37-71(54,55)56/h6-9,40,43-46,51-53H,2-5,10-37H2,1H3,(H,47,49)(H,48,50)(H2,54,55,56)/t40-,43-,44+,45+,46+/m1/s1. The number of ether oxygens (including phenoxy) is 14. The van der Waals surface area contributed by atoms with Gasteiger partial charge in [-0.3, -0.25) is 14.2 Å². The molecule has 0 spiro atoms. The second-order valence-electron chi connectivity index (χ2n) is 15.8. The molecule has 0 saturated carbocycles. The smallest absolute Gasteiger partial charge is 0.325 e. The van der Waals surface area contributed by atoms with Gasteiger partial charge >= 0.3 is 7.60 Å². The van der Waals surface area contributed by atoms with Crippen LogP contribution < -0.4 is 15.4 Å². The number of carbonyl (C=O) groups excluding carboxylic acids is 2. The van der Waals surface area contributed by atoms with Gasteiger partial charge < -0.3 is 102 Å². The average Bonchev–Trinajstić information content (AvgIpc) is 3.34. The number of amides is 2. The van der Waals surface area contributed by atoms with Crippen LogP contribution in [0.1, 0.15) is 45.4 Å². The molecule has 2 amide bonds. The van der Waals surface area contributed by atoms with E-state index in [1.54, 1.807) is 12.1 Å². The molecule has 1 aromatic rings. The molecule has 1 fully saturated rings. The van der Waals surface area contributed by atoms with Crippen LogP contribution in [-0.4, -0.2) is 239 Å². The lowest BCUT2D eigenvalue weighted by Gasteiger charge is -2.40. The van der Waals surface area contributed by atoms with E-state index in [1.165, 1.54) is 12.1 Å². The van der Waals surface area contributed by atoms with E-state index in [2.05, 4.69) is 17.6 Å². The summed E-state index contributed by atoms with van der Waals surface area (Å²) in [5, 5.41) is 36.2. The summed E-state index contributed by atoms with van der Waals surface area (Å²) in [6, 6.07) is 6.10. The largest absolute Gasteiger partial charge is 0.462 e. The zero-order valence-corrected chi connectivity index (χ0v) is 42.3. The molecule has 1 aliphatic heterocycles. The molecule has 1 saturated heterocycles. The quantitative estimate of drug-likeness (QED) is 0.0348. The van der Waals surface area contributed by atoms with Crippen molar-refractivity contribution in [2.24, 2.45) is 0 Å². The third kappa shape index (κ3) is 36.9. The molecule has 5 atom stereocenters. The van der Waals surface area contributed by atoms with Gasteiger partial charge in [-0.05, 0) is 37.1 Å². The number of nitrogens with one attached hydrogen (secondary N) is 2. The number of anilines is 1. The summed E-state index contributed by atoms with van der Waals surface area (Å²) in [4.78, 5) is 42.2. The summed E-state index contributed by atoms with van der Waals surface area (Å²) >= 11 is 0. The Bertz CT molecular complexity index is 1470. The fraction of sp³-hybridized carbons (Fsp3) is 0.826. The molecule has 0 aromatic heterocycles. The number of benzene rings is 1. The fourth-order valence-electron chi connectivity index (χ4n) is 6.09. The van der Waals surface area contributed by atoms with Gasteiger partial charge in [0.2, 0.25) is 18.1 Å². The summed E-state index contributed by atoms with van der Waals surface area (Å²) in [5.74, 6) is 0.0102. The summed E-state index contributed by atoms with van der Waals surface area (Å²) in [7, 11) is -4.38. The molecule has 24 nitrogen and oxygen atoms in total. The first kappa shape index (κ1) is 64.6. The van der Waals surface area contributed by atoms with Crippen molar-refractivity contribution in [2.45, 2.75) is 76.2 Å². The van der Waals surface area contributed by atoms with Crippen molar-refractivity contribution in [3.05, 3.63) is 24.3 Å². The van der Waals surface area contributed by atoms with E-state index in [4.69, 9.17) is 76.1 Å². The van der Waals surface area contributed by atoms with Crippen molar-refractivity contribution >= 4 is 25.1 Å². The highest BCUT2D eigenvalue weighted by molar-refractivity contribution is 7.51. The van der Waals surface area contributed by atoms with Crippen molar-refractivity contribution in [1.82, 2.24) is 5.32 Å². The maximum absolute atomic E-state index is 12.3.